The second kappa shape index (κ2) is 10.2. The quantitative estimate of drug-likeness (QED) is 0.472. The number of hydrogen-bond acceptors (Lipinski definition) is 5. The summed E-state index contributed by atoms with van der Waals surface area (Å²) in [7, 11) is -3.95. The average molecular weight is 530 g/mol. The van der Waals surface area contributed by atoms with Gasteiger partial charge in [0, 0.05) is 17.1 Å². The smallest absolute Gasteiger partial charge is 0.257 e. The molecule has 0 bridgehead atoms. The van der Waals surface area contributed by atoms with Crippen molar-refractivity contribution >= 4 is 45.0 Å². The van der Waals surface area contributed by atoms with Crippen LogP contribution in [0.1, 0.15) is 22.3 Å². The van der Waals surface area contributed by atoms with E-state index < -0.39 is 39.6 Å². The van der Waals surface area contributed by atoms with E-state index in [2.05, 4.69) is 0 Å². The third-order valence-electron chi connectivity index (χ3n) is 5.80. The maximum absolute atomic E-state index is 13.4. The van der Waals surface area contributed by atoms with Gasteiger partial charge in [0.1, 0.15) is 11.9 Å². The Labute approximate surface area is 212 Å². The van der Waals surface area contributed by atoms with Gasteiger partial charge in [-0.1, -0.05) is 23.7 Å². The van der Waals surface area contributed by atoms with Gasteiger partial charge in [-0.25, -0.2) is 22.8 Å². The Hall–Kier alpha value is -3.60. The molecule has 0 spiro atoms. The van der Waals surface area contributed by atoms with Gasteiger partial charge in [0.05, 0.1) is 17.0 Å². The fraction of sp³-hybridized carbons (Fsp3) is 0.160. The number of nitrogens with zero attached hydrogens (tertiary/aromatic N) is 2. The normalized spacial score (nSPS) is 15.9. The molecule has 0 saturated carbocycles. The number of anilines is 1. The van der Waals surface area contributed by atoms with E-state index in [1.165, 1.54) is 41.3 Å². The van der Waals surface area contributed by atoms with Gasteiger partial charge in [-0.15, -0.1) is 0 Å². The Morgan fingerprint density at radius 3 is 2.33 bits per heavy atom. The molecule has 1 saturated heterocycles. The van der Waals surface area contributed by atoms with Crippen molar-refractivity contribution < 1.29 is 27.2 Å². The van der Waals surface area contributed by atoms with Gasteiger partial charge in [-0.3, -0.25) is 14.4 Å². The van der Waals surface area contributed by atoms with Gasteiger partial charge >= 0.3 is 0 Å². The van der Waals surface area contributed by atoms with Crippen LogP contribution in [-0.4, -0.2) is 43.6 Å². The molecule has 1 aliphatic rings. The van der Waals surface area contributed by atoms with Gasteiger partial charge in [0.2, 0.25) is 15.9 Å². The number of hydrogen-bond donors (Lipinski definition) is 1. The first-order valence-corrected chi connectivity index (χ1v) is 12.8. The van der Waals surface area contributed by atoms with Crippen LogP contribution in [0.15, 0.2) is 77.7 Å². The van der Waals surface area contributed by atoms with Gasteiger partial charge in [-0.2, -0.15) is 0 Å². The zero-order chi connectivity index (χ0) is 26.0. The first kappa shape index (κ1) is 25.5. The lowest BCUT2D eigenvalue weighted by molar-refractivity contribution is -0.122. The molecule has 11 heteroatoms. The number of sulfonamides is 1. The molecular formula is C25H21ClFN3O5S. The number of carbonyl (C=O) groups excluding carboxylic acids is 3. The third-order valence-corrected chi connectivity index (χ3v) is 6.97. The van der Waals surface area contributed by atoms with Crippen LogP contribution < -0.4 is 10.0 Å². The maximum Gasteiger partial charge on any atom is 0.257 e. The van der Waals surface area contributed by atoms with E-state index in [1.54, 1.807) is 18.2 Å². The van der Waals surface area contributed by atoms with E-state index in [4.69, 9.17) is 16.7 Å². The zero-order valence-electron chi connectivity index (χ0n) is 18.8. The number of halogens is 2. The lowest BCUT2D eigenvalue weighted by Gasteiger charge is -2.28. The number of rotatable bonds is 7. The van der Waals surface area contributed by atoms with Crippen molar-refractivity contribution in [1.82, 2.24) is 4.90 Å². The predicted octanol–water partition coefficient (Wildman–Crippen LogP) is 3.14. The molecule has 0 radical (unpaired) electrons. The first-order valence-electron chi connectivity index (χ1n) is 10.9. The summed E-state index contributed by atoms with van der Waals surface area (Å²) in [5, 5.41) is 5.63. The Morgan fingerprint density at radius 2 is 1.72 bits per heavy atom. The minimum absolute atomic E-state index is 0.0957. The molecule has 4 rings (SSSR count). The highest BCUT2D eigenvalue weighted by molar-refractivity contribution is 7.89. The highest BCUT2D eigenvalue weighted by atomic mass is 35.5. The second-order valence-electron chi connectivity index (χ2n) is 8.21. The van der Waals surface area contributed by atoms with E-state index in [9.17, 15) is 27.2 Å². The molecule has 186 valence electrons. The van der Waals surface area contributed by atoms with Gasteiger partial charge in [0.15, 0.2) is 0 Å². The molecule has 1 heterocycles. The van der Waals surface area contributed by atoms with Gasteiger partial charge < -0.3 is 4.90 Å². The van der Waals surface area contributed by atoms with Gasteiger partial charge in [0.25, 0.3) is 11.8 Å². The summed E-state index contributed by atoms with van der Waals surface area (Å²) >= 11 is 6.06. The molecule has 1 unspecified atom stereocenters. The number of nitrogens with two attached hydrogens (primary N) is 1. The molecule has 3 amide bonds. The summed E-state index contributed by atoms with van der Waals surface area (Å²) in [5.74, 6) is -2.23. The largest absolute Gasteiger partial charge is 0.326 e. The molecule has 36 heavy (non-hydrogen) atoms. The van der Waals surface area contributed by atoms with Crippen LogP contribution in [0, 0.1) is 5.82 Å². The molecule has 3 aromatic rings. The van der Waals surface area contributed by atoms with E-state index in [0.717, 1.165) is 22.6 Å². The van der Waals surface area contributed by atoms with Crippen molar-refractivity contribution in [2.24, 2.45) is 5.14 Å². The Morgan fingerprint density at radius 1 is 1.06 bits per heavy atom. The standard InChI is InChI=1S/C25H21ClFN3O5S/c26-18-3-1-2-16(14-18)12-13-29(24(32)17-4-6-19(27)7-5-17)22-15-23(31)30(25(22)33)20-8-10-21(11-9-20)36(28,34)35/h1-11,14,22H,12-13,15H2,(H2,28,34,35). The lowest BCUT2D eigenvalue weighted by Crippen LogP contribution is -2.46. The van der Waals surface area contributed by atoms with E-state index in [1.807, 2.05) is 6.07 Å². The number of carbonyl (C=O) groups is 3. The summed E-state index contributed by atoms with van der Waals surface area (Å²) < 4.78 is 36.5. The van der Waals surface area contributed by atoms with Crippen LogP contribution in [-0.2, 0) is 26.0 Å². The average Bonchev–Trinajstić information content (AvgIpc) is 3.12. The molecule has 1 atom stereocenters. The van der Waals surface area contributed by atoms with Crippen molar-refractivity contribution in [1.29, 1.82) is 0 Å². The van der Waals surface area contributed by atoms with Crippen LogP contribution in [0.4, 0.5) is 10.1 Å². The molecular weight excluding hydrogens is 509 g/mol. The molecule has 1 fully saturated rings. The molecule has 8 nitrogen and oxygen atoms in total. The third kappa shape index (κ3) is 5.46. The van der Waals surface area contributed by atoms with Gasteiger partial charge in [-0.05, 0) is 72.6 Å². The van der Waals surface area contributed by atoms with Crippen LogP contribution in [0.5, 0.6) is 0 Å². The SMILES string of the molecule is NS(=O)(=O)c1ccc(N2C(=O)CC(N(CCc3cccc(Cl)c3)C(=O)c3ccc(F)cc3)C2=O)cc1. The van der Waals surface area contributed by atoms with Crippen LogP contribution >= 0.6 is 11.6 Å². The zero-order valence-corrected chi connectivity index (χ0v) is 20.4. The Bertz CT molecular complexity index is 1430. The molecule has 0 aromatic heterocycles. The van der Waals surface area contributed by atoms with Crippen molar-refractivity contribution in [3.63, 3.8) is 0 Å². The van der Waals surface area contributed by atoms with E-state index in [-0.39, 0.29) is 29.1 Å². The summed E-state index contributed by atoms with van der Waals surface area (Å²) in [5.41, 5.74) is 1.15. The summed E-state index contributed by atoms with van der Waals surface area (Å²) in [6.07, 6.45) is 0.0901. The molecule has 0 aliphatic carbocycles. The lowest BCUT2D eigenvalue weighted by atomic mass is 10.1. The van der Waals surface area contributed by atoms with Crippen molar-refractivity contribution in [2.45, 2.75) is 23.8 Å². The first-order chi connectivity index (χ1) is 17.0. The van der Waals surface area contributed by atoms with Crippen LogP contribution in [0.2, 0.25) is 5.02 Å². The second-order valence-corrected chi connectivity index (χ2v) is 10.2. The summed E-state index contributed by atoms with van der Waals surface area (Å²) in [6, 6.07) is 15.8. The highest BCUT2D eigenvalue weighted by Gasteiger charge is 2.44. The monoisotopic (exact) mass is 529 g/mol. The minimum Gasteiger partial charge on any atom is -0.326 e. The minimum atomic E-state index is -3.95. The fourth-order valence-electron chi connectivity index (χ4n) is 4.01. The Kier molecular flexibility index (Phi) is 7.21. The number of benzene rings is 3. The predicted molar refractivity (Wildman–Crippen MR) is 131 cm³/mol. The molecule has 2 N–H and O–H groups in total. The summed E-state index contributed by atoms with van der Waals surface area (Å²) in [4.78, 5) is 41.7. The Balaban J connectivity index is 1.63. The topological polar surface area (TPSA) is 118 Å². The molecule has 3 aromatic carbocycles. The fourth-order valence-corrected chi connectivity index (χ4v) is 4.74. The number of primary sulfonamides is 1. The highest BCUT2D eigenvalue weighted by Crippen LogP contribution is 2.28. The maximum atomic E-state index is 13.4. The van der Waals surface area contributed by atoms with Crippen LogP contribution in [0.3, 0.4) is 0 Å². The molecule has 1 aliphatic heterocycles. The van der Waals surface area contributed by atoms with E-state index >= 15 is 0 Å². The van der Waals surface area contributed by atoms with E-state index in [0.29, 0.717) is 11.4 Å². The van der Waals surface area contributed by atoms with Crippen LogP contribution in [0.25, 0.3) is 0 Å². The van der Waals surface area contributed by atoms with Crippen molar-refractivity contribution in [2.75, 3.05) is 11.4 Å². The summed E-state index contributed by atoms with van der Waals surface area (Å²) in [6.45, 7) is 0.0957. The number of imide groups is 1. The number of amides is 3. The van der Waals surface area contributed by atoms with Crippen molar-refractivity contribution in [3.05, 3.63) is 94.8 Å². The van der Waals surface area contributed by atoms with Crippen molar-refractivity contribution in [3.8, 4) is 0 Å².